The van der Waals surface area contributed by atoms with Gasteiger partial charge in [0.15, 0.2) is 0 Å². The lowest BCUT2D eigenvalue weighted by atomic mass is 9.90. The van der Waals surface area contributed by atoms with Gasteiger partial charge in [-0.25, -0.2) is 0 Å². The van der Waals surface area contributed by atoms with E-state index in [0.717, 1.165) is 18.5 Å². The maximum absolute atomic E-state index is 12.7. The number of hydrogen-bond donors (Lipinski definition) is 1. The Morgan fingerprint density at radius 1 is 1.38 bits per heavy atom. The lowest BCUT2D eigenvalue weighted by Gasteiger charge is -2.21. The molecule has 0 saturated carbocycles. The Morgan fingerprint density at radius 2 is 2.10 bits per heavy atom. The number of amides is 2. The summed E-state index contributed by atoms with van der Waals surface area (Å²) in [5, 5.41) is 0. The molecule has 0 radical (unpaired) electrons. The van der Waals surface area contributed by atoms with E-state index in [2.05, 4.69) is 6.07 Å². The van der Waals surface area contributed by atoms with Crippen LogP contribution in [0.3, 0.4) is 0 Å². The fraction of sp³-hybridized carbons (Fsp3) is 0.500. The molecule has 1 aromatic rings. The third kappa shape index (κ3) is 2.42. The maximum Gasteiger partial charge on any atom is 0.239 e. The third-order valence-corrected chi connectivity index (χ3v) is 4.46. The molecule has 0 bridgehead atoms. The Labute approximate surface area is 124 Å². The SMILES string of the molecule is CC(N)C(=O)N1CC1C1C(=O)N(C)CCc2ccccc21. The number of likely N-dealkylation sites (N-methyl/N-ethyl adjacent to an activating group) is 1. The lowest BCUT2D eigenvalue weighted by Crippen LogP contribution is -2.37. The standard InChI is InChI=1S/C16H21N3O2/c1-10(17)15(20)19-9-13(19)14-12-6-4-3-5-11(12)7-8-18(2)16(14)21/h3-6,10,13-14H,7-9,17H2,1-2H3. The Morgan fingerprint density at radius 3 is 2.81 bits per heavy atom. The molecule has 2 N–H and O–H groups in total. The topological polar surface area (TPSA) is 66.4 Å². The molecule has 0 aromatic heterocycles. The molecule has 1 aromatic carbocycles. The number of carbonyl (C=O) groups excluding carboxylic acids is 2. The molecule has 1 saturated heterocycles. The normalized spacial score (nSPS) is 26.1. The summed E-state index contributed by atoms with van der Waals surface area (Å²) >= 11 is 0. The molecule has 3 atom stereocenters. The van der Waals surface area contributed by atoms with Crippen LogP contribution < -0.4 is 5.73 Å². The summed E-state index contributed by atoms with van der Waals surface area (Å²) in [6.45, 7) is 3.03. The fourth-order valence-corrected chi connectivity index (χ4v) is 3.16. The fourth-order valence-electron chi connectivity index (χ4n) is 3.16. The first-order valence-electron chi connectivity index (χ1n) is 7.39. The van der Waals surface area contributed by atoms with E-state index < -0.39 is 6.04 Å². The van der Waals surface area contributed by atoms with E-state index in [1.165, 1.54) is 5.56 Å². The van der Waals surface area contributed by atoms with E-state index in [9.17, 15) is 9.59 Å². The van der Waals surface area contributed by atoms with Gasteiger partial charge < -0.3 is 15.5 Å². The van der Waals surface area contributed by atoms with Crippen LogP contribution >= 0.6 is 0 Å². The minimum Gasteiger partial charge on any atom is -0.345 e. The van der Waals surface area contributed by atoms with Crippen molar-refractivity contribution in [2.75, 3.05) is 20.1 Å². The molecule has 3 unspecified atom stereocenters. The molecule has 0 spiro atoms. The first-order chi connectivity index (χ1) is 10.0. The number of hydrogen-bond acceptors (Lipinski definition) is 3. The highest BCUT2D eigenvalue weighted by molar-refractivity contribution is 5.90. The van der Waals surface area contributed by atoms with Gasteiger partial charge in [0, 0.05) is 20.1 Å². The summed E-state index contributed by atoms with van der Waals surface area (Å²) in [4.78, 5) is 28.2. The maximum atomic E-state index is 12.7. The summed E-state index contributed by atoms with van der Waals surface area (Å²) in [5.41, 5.74) is 7.94. The largest absolute Gasteiger partial charge is 0.345 e. The van der Waals surface area contributed by atoms with E-state index in [4.69, 9.17) is 5.73 Å². The quantitative estimate of drug-likeness (QED) is 0.798. The van der Waals surface area contributed by atoms with Crippen molar-refractivity contribution >= 4 is 11.8 Å². The number of nitrogens with two attached hydrogens (primary N) is 1. The third-order valence-electron chi connectivity index (χ3n) is 4.46. The number of fused-ring (bicyclic) bond motifs is 1. The summed E-state index contributed by atoms with van der Waals surface area (Å²) in [7, 11) is 1.83. The molecular formula is C16H21N3O2. The van der Waals surface area contributed by atoms with Crippen LogP contribution in [-0.2, 0) is 16.0 Å². The van der Waals surface area contributed by atoms with Gasteiger partial charge in [-0.1, -0.05) is 24.3 Å². The van der Waals surface area contributed by atoms with Crippen LogP contribution in [0.4, 0.5) is 0 Å². The first-order valence-corrected chi connectivity index (χ1v) is 7.39. The summed E-state index contributed by atoms with van der Waals surface area (Å²) < 4.78 is 0. The van der Waals surface area contributed by atoms with Crippen LogP contribution in [0.2, 0.25) is 0 Å². The van der Waals surface area contributed by atoms with E-state index in [1.54, 1.807) is 16.7 Å². The van der Waals surface area contributed by atoms with Gasteiger partial charge in [0.2, 0.25) is 11.8 Å². The van der Waals surface area contributed by atoms with Crippen LogP contribution in [-0.4, -0.2) is 53.8 Å². The summed E-state index contributed by atoms with van der Waals surface area (Å²) in [5.74, 6) is -0.224. The average Bonchev–Trinajstić information content (AvgIpc) is 3.25. The number of carbonyl (C=O) groups is 2. The molecule has 2 aliphatic heterocycles. The molecule has 112 valence electrons. The second kappa shape index (κ2) is 5.15. The smallest absolute Gasteiger partial charge is 0.239 e. The van der Waals surface area contributed by atoms with Crippen molar-refractivity contribution in [2.24, 2.45) is 5.73 Å². The molecule has 5 nitrogen and oxygen atoms in total. The first kappa shape index (κ1) is 14.1. The Hall–Kier alpha value is -1.88. The highest BCUT2D eigenvalue weighted by Crippen LogP contribution is 2.38. The van der Waals surface area contributed by atoms with Gasteiger partial charge >= 0.3 is 0 Å². The van der Waals surface area contributed by atoms with Gasteiger partial charge in [0.1, 0.15) is 0 Å². The summed E-state index contributed by atoms with van der Waals surface area (Å²) in [6.07, 6.45) is 0.864. The zero-order chi connectivity index (χ0) is 15.1. The Balaban J connectivity index is 1.92. The van der Waals surface area contributed by atoms with Crippen molar-refractivity contribution in [2.45, 2.75) is 31.3 Å². The van der Waals surface area contributed by atoms with E-state index in [-0.39, 0.29) is 23.8 Å². The zero-order valence-electron chi connectivity index (χ0n) is 12.5. The number of benzene rings is 1. The zero-order valence-corrected chi connectivity index (χ0v) is 12.5. The van der Waals surface area contributed by atoms with Gasteiger partial charge in [-0.3, -0.25) is 9.59 Å². The van der Waals surface area contributed by atoms with Gasteiger partial charge in [0.05, 0.1) is 18.0 Å². The lowest BCUT2D eigenvalue weighted by molar-refractivity contribution is -0.132. The van der Waals surface area contributed by atoms with Crippen LogP contribution in [0.1, 0.15) is 24.0 Å². The van der Waals surface area contributed by atoms with Crippen LogP contribution in [0.15, 0.2) is 24.3 Å². The van der Waals surface area contributed by atoms with E-state index in [0.29, 0.717) is 6.54 Å². The van der Waals surface area contributed by atoms with Gasteiger partial charge in [0.25, 0.3) is 0 Å². The van der Waals surface area contributed by atoms with Crippen molar-refractivity contribution < 1.29 is 9.59 Å². The number of rotatable bonds is 2. The second-order valence-electron chi connectivity index (χ2n) is 6.03. The van der Waals surface area contributed by atoms with Crippen molar-refractivity contribution in [1.29, 1.82) is 0 Å². The molecule has 21 heavy (non-hydrogen) atoms. The van der Waals surface area contributed by atoms with Crippen LogP contribution in [0.25, 0.3) is 0 Å². The highest BCUT2D eigenvalue weighted by Gasteiger charge is 2.49. The van der Waals surface area contributed by atoms with Gasteiger partial charge in [-0.2, -0.15) is 0 Å². The molecule has 1 fully saturated rings. The monoisotopic (exact) mass is 287 g/mol. The highest BCUT2D eigenvalue weighted by atomic mass is 16.2. The van der Waals surface area contributed by atoms with Crippen LogP contribution in [0.5, 0.6) is 0 Å². The molecular weight excluding hydrogens is 266 g/mol. The number of nitrogens with zero attached hydrogens (tertiary/aromatic N) is 2. The second-order valence-corrected chi connectivity index (χ2v) is 6.03. The van der Waals surface area contributed by atoms with Crippen molar-refractivity contribution in [3.8, 4) is 0 Å². The predicted octanol–water partition coefficient (Wildman–Crippen LogP) is 0.343. The van der Waals surface area contributed by atoms with Crippen molar-refractivity contribution in [3.63, 3.8) is 0 Å². The van der Waals surface area contributed by atoms with Crippen molar-refractivity contribution in [3.05, 3.63) is 35.4 Å². The van der Waals surface area contributed by atoms with E-state index >= 15 is 0 Å². The molecule has 2 aliphatic rings. The Kier molecular flexibility index (Phi) is 3.45. The van der Waals surface area contributed by atoms with Crippen molar-refractivity contribution in [1.82, 2.24) is 9.80 Å². The van der Waals surface area contributed by atoms with Gasteiger partial charge in [-0.15, -0.1) is 0 Å². The average molecular weight is 287 g/mol. The molecule has 3 rings (SSSR count). The molecule has 0 aliphatic carbocycles. The minimum atomic E-state index is -0.510. The van der Waals surface area contributed by atoms with E-state index in [1.807, 2.05) is 25.2 Å². The molecule has 2 amide bonds. The van der Waals surface area contributed by atoms with Crippen LogP contribution in [0, 0.1) is 0 Å². The predicted molar refractivity (Wildman–Crippen MR) is 79.7 cm³/mol. The molecule has 2 heterocycles. The minimum absolute atomic E-state index is 0.0438. The Bertz CT molecular complexity index is 585. The molecule has 5 heteroatoms. The summed E-state index contributed by atoms with van der Waals surface area (Å²) in [6, 6.07) is 7.51. The van der Waals surface area contributed by atoms with Gasteiger partial charge in [-0.05, 0) is 24.5 Å².